The largest absolute Gasteiger partial charge is 0.496 e. The number of para-hydroxylation sites is 1. The molecular weight excluding hydrogens is 383 g/mol. The fourth-order valence-corrected chi connectivity index (χ4v) is 3.70. The lowest BCUT2D eigenvalue weighted by atomic mass is 10.0. The van der Waals surface area contributed by atoms with Gasteiger partial charge in [0.2, 0.25) is 0 Å². The average molecular weight is 415 g/mol. The van der Waals surface area contributed by atoms with Gasteiger partial charge in [0.25, 0.3) is 0 Å². The third kappa shape index (κ3) is 6.18. The molecule has 0 aromatic heterocycles. The van der Waals surface area contributed by atoms with Crippen molar-refractivity contribution in [2.45, 2.75) is 12.5 Å². The molecule has 1 fully saturated rings. The van der Waals surface area contributed by atoms with Crippen molar-refractivity contribution in [3.05, 3.63) is 65.5 Å². The smallest absolute Gasteiger partial charge is 0.191 e. The molecular formula is C23H31FN4O2. The summed E-state index contributed by atoms with van der Waals surface area (Å²) in [6.45, 7) is 4.38. The van der Waals surface area contributed by atoms with Crippen LogP contribution in [-0.2, 0) is 11.2 Å². The molecule has 1 heterocycles. The molecule has 1 saturated heterocycles. The molecule has 0 saturated carbocycles. The Morgan fingerprint density at radius 1 is 1.17 bits per heavy atom. The number of benzene rings is 2. The van der Waals surface area contributed by atoms with Crippen LogP contribution >= 0.6 is 0 Å². The summed E-state index contributed by atoms with van der Waals surface area (Å²) in [5.41, 5.74) is 2.10. The predicted molar refractivity (Wildman–Crippen MR) is 118 cm³/mol. The van der Waals surface area contributed by atoms with Gasteiger partial charge in [0.05, 0.1) is 26.4 Å². The first-order valence-corrected chi connectivity index (χ1v) is 10.3. The van der Waals surface area contributed by atoms with Gasteiger partial charge in [-0.05, 0) is 35.7 Å². The van der Waals surface area contributed by atoms with Gasteiger partial charge < -0.3 is 20.1 Å². The van der Waals surface area contributed by atoms with Crippen LogP contribution in [0, 0.1) is 5.82 Å². The lowest BCUT2D eigenvalue weighted by molar-refractivity contribution is 0.0169. The van der Waals surface area contributed by atoms with Gasteiger partial charge in [-0.2, -0.15) is 0 Å². The fraction of sp³-hybridized carbons (Fsp3) is 0.435. The Bertz CT molecular complexity index is 824. The summed E-state index contributed by atoms with van der Waals surface area (Å²) in [5.74, 6) is 1.39. The average Bonchev–Trinajstić information content (AvgIpc) is 2.79. The van der Waals surface area contributed by atoms with Crippen molar-refractivity contribution in [1.29, 1.82) is 0 Å². The van der Waals surface area contributed by atoms with Crippen LogP contribution in [0.5, 0.6) is 5.75 Å². The van der Waals surface area contributed by atoms with Gasteiger partial charge in [0.15, 0.2) is 5.96 Å². The van der Waals surface area contributed by atoms with Crippen molar-refractivity contribution < 1.29 is 13.9 Å². The summed E-state index contributed by atoms with van der Waals surface area (Å²) in [4.78, 5) is 6.66. The first kappa shape index (κ1) is 22.1. The first-order chi connectivity index (χ1) is 14.7. The number of aliphatic imine (C=N–C) groups is 1. The fourth-order valence-electron chi connectivity index (χ4n) is 3.70. The van der Waals surface area contributed by atoms with Gasteiger partial charge >= 0.3 is 0 Å². The Morgan fingerprint density at radius 2 is 1.97 bits per heavy atom. The van der Waals surface area contributed by atoms with Crippen LogP contribution in [0.3, 0.4) is 0 Å². The highest BCUT2D eigenvalue weighted by Gasteiger charge is 2.23. The second-order valence-corrected chi connectivity index (χ2v) is 7.16. The van der Waals surface area contributed by atoms with Crippen LogP contribution in [0.2, 0.25) is 0 Å². The Kier molecular flexibility index (Phi) is 8.47. The zero-order valence-corrected chi connectivity index (χ0v) is 17.7. The SMILES string of the molecule is CN=C(NCCc1ccccc1OC)NCC(c1cccc(F)c1)N1CCOCC1. The molecule has 162 valence electrons. The van der Waals surface area contributed by atoms with Gasteiger partial charge in [-0.25, -0.2) is 4.39 Å². The minimum absolute atomic E-state index is 0.0392. The number of guanidine groups is 1. The number of methoxy groups -OCH3 is 1. The third-order valence-corrected chi connectivity index (χ3v) is 5.29. The first-order valence-electron chi connectivity index (χ1n) is 10.3. The second kappa shape index (κ2) is 11.5. The summed E-state index contributed by atoms with van der Waals surface area (Å²) in [7, 11) is 3.44. The Labute approximate surface area is 178 Å². The van der Waals surface area contributed by atoms with E-state index in [4.69, 9.17) is 9.47 Å². The van der Waals surface area contributed by atoms with Crippen molar-refractivity contribution >= 4 is 5.96 Å². The number of hydrogen-bond acceptors (Lipinski definition) is 4. The number of hydrogen-bond donors (Lipinski definition) is 2. The normalized spacial score (nSPS) is 16.2. The van der Waals surface area contributed by atoms with E-state index in [9.17, 15) is 4.39 Å². The molecule has 30 heavy (non-hydrogen) atoms. The molecule has 6 nitrogen and oxygen atoms in total. The minimum Gasteiger partial charge on any atom is -0.496 e. The summed E-state index contributed by atoms with van der Waals surface area (Å²) >= 11 is 0. The van der Waals surface area contributed by atoms with E-state index in [1.807, 2.05) is 24.3 Å². The van der Waals surface area contributed by atoms with Crippen LogP contribution in [0.1, 0.15) is 17.2 Å². The van der Waals surface area contributed by atoms with Gasteiger partial charge in [-0.15, -0.1) is 0 Å². The van der Waals surface area contributed by atoms with Crippen molar-refractivity contribution in [2.75, 3.05) is 53.6 Å². The summed E-state index contributed by atoms with van der Waals surface area (Å²) in [6, 6.07) is 14.9. The Balaban J connectivity index is 1.58. The summed E-state index contributed by atoms with van der Waals surface area (Å²) < 4.78 is 24.7. The van der Waals surface area contributed by atoms with E-state index in [1.54, 1.807) is 26.3 Å². The molecule has 3 rings (SSSR count). The maximum atomic E-state index is 13.8. The monoisotopic (exact) mass is 414 g/mol. The van der Waals surface area contributed by atoms with Crippen molar-refractivity contribution in [3.8, 4) is 5.75 Å². The van der Waals surface area contributed by atoms with Crippen LogP contribution in [-0.4, -0.2) is 64.4 Å². The second-order valence-electron chi connectivity index (χ2n) is 7.16. The molecule has 1 aliphatic rings. The number of nitrogens with one attached hydrogen (secondary N) is 2. The lowest BCUT2D eigenvalue weighted by Gasteiger charge is -2.35. The molecule has 1 atom stereocenters. The topological polar surface area (TPSA) is 58.1 Å². The molecule has 0 spiro atoms. The van der Waals surface area contributed by atoms with Gasteiger partial charge in [-0.3, -0.25) is 9.89 Å². The molecule has 0 bridgehead atoms. The molecule has 0 aliphatic carbocycles. The number of morpholine rings is 1. The van der Waals surface area contributed by atoms with Crippen molar-refractivity contribution in [3.63, 3.8) is 0 Å². The maximum absolute atomic E-state index is 13.8. The molecule has 2 aromatic rings. The van der Waals surface area contributed by atoms with E-state index in [1.165, 1.54) is 6.07 Å². The van der Waals surface area contributed by atoms with Gasteiger partial charge in [0.1, 0.15) is 11.6 Å². The number of ether oxygens (including phenoxy) is 2. The van der Waals surface area contributed by atoms with E-state index in [-0.39, 0.29) is 11.9 Å². The van der Waals surface area contributed by atoms with Crippen molar-refractivity contribution in [1.82, 2.24) is 15.5 Å². The molecule has 1 unspecified atom stereocenters. The number of nitrogens with zero attached hydrogens (tertiary/aromatic N) is 2. The van der Waals surface area contributed by atoms with Gasteiger partial charge in [0, 0.05) is 33.2 Å². The molecule has 1 aliphatic heterocycles. The number of halogens is 1. The summed E-state index contributed by atoms with van der Waals surface area (Å²) in [6.07, 6.45) is 0.821. The number of rotatable bonds is 8. The summed E-state index contributed by atoms with van der Waals surface area (Å²) in [5, 5.41) is 6.76. The highest BCUT2D eigenvalue weighted by atomic mass is 19.1. The predicted octanol–water partition coefficient (Wildman–Crippen LogP) is 2.62. The van der Waals surface area contributed by atoms with E-state index >= 15 is 0 Å². The van der Waals surface area contributed by atoms with E-state index < -0.39 is 0 Å². The highest BCUT2D eigenvalue weighted by molar-refractivity contribution is 5.79. The van der Waals surface area contributed by atoms with Crippen LogP contribution in [0.25, 0.3) is 0 Å². The van der Waals surface area contributed by atoms with E-state index in [0.29, 0.717) is 19.8 Å². The molecule has 2 N–H and O–H groups in total. The van der Waals surface area contributed by atoms with Gasteiger partial charge in [-0.1, -0.05) is 30.3 Å². The van der Waals surface area contributed by atoms with Crippen molar-refractivity contribution in [2.24, 2.45) is 4.99 Å². The molecule has 0 radical (unpaired) electrons. The highest BCUT2D eigenvalue weighted by Crippen LogP contribution is 2.22. The standard InChI is InChI=1S/C23H31FN4O2/c1-25-23(26-11-10-18-6-3-4-9-22(18)29-2)27-17-21(28-12-14-30-15-13-28)19-7-5-8-20(24)16-19/h3-9,16,21H,10-15,17H2,1-2H3,(H2,25,26,27). The quantitative estimate of drug-likeness (QED) is 0.514. The van der Waals surface area contributed by atoms with Crippen LogP contribution in [0.4, 0.5) is 4.39 Å². The maximum Gasteiger partial charge on any atom is 0.191 e. The Hall–Kier alpha value is -2.64. The van der Waals surface area contributed by atoms with Crippen LogP contribution < -0.4 is 15.4 Å². The van der Waals surface area contributed by atoms with Crippen LogP contribution in [0.15, 0.2) is 53.5 Å². The molecule has 7 heteroatoms. The Morgan fingerprint density at radius 3 is 2.70 bits per heavy atom. The minimum atomic E-state index is -0.218. The van der Waals surface area contributed by atoms with E-state index in [2.05, 4.69) is 26.6 Å². The molecule has 0 amide bonds. The zero-order valence-electron chi connectivity index (χ0n) is 17.7. The zero-order chi connectivity index (χ0) is 21.2. The van der Waals surface area contributed by atoms with E-state index in [0.717, 1.165) is 48.9 Å². The third-order valence-electron chi connectivity index (χ3n) is 5.29. The lowest BCUT2D eigenvalue weighted by Crippen LogP contribution is -2.46. The molecule has 2 aromatic carbocycles.